The highest BCUT2D eigenvalue weighted by Crippen LogP contribution is 2.29. The Morgan fingerprint density at radius 1 is 1.42 bits per heavy atom. The molecule has 19 heavy (non-hydrogen) atoms. The smallest absolute Gasteiger partial charge is 0.133 e. The second kappa shape index (κ2) is 9.56. The van der Waals surface area contributed by atoms with E-state index in [0.717, 1.165) is 38.2 Å². The van der Waals surface area contributed by atoms with Gasteiger partial charge in [-0.1, -0.05) is 23.7 Å². The van der Waals surface area contributed by atoms with Crippen LogP contribution in [0.2, 0.25) is 5.15 Å². The van der Waals surface area contributed by atoms with Gasteiger partial charge in [0.15, 0.2) is 0 Å². The fourth-order valence-electron chi connectivity index (χ4n) is 2.27. The summed E-state index contributed by atoms with van der Waals surface area (Å²) >= 11 is 6.19. The SMILES string of the molecule is C=CC[C@H](c1cccnc1Cl)N1CCNCC1.Cl.Cl. The van der Waals surface area contributed by atoms with Crippen molar-refractivity contribution in [2.24, 2.45) is 0 Å². The molecule has 0 spiro atoms. The molecule has 1 N–H and O–H groups in total. The Labute approximate surface area is 132 Å². The third-order valence-electron chi connectivity index (χ3n) is 3.13. The lowest BCUT2D eigenvalue weighted by Crippen LogP contribution is -2.45. The number of hydrogen-bond acceptors (Lipinski definition) is 3. The molecular formula is C13H20Cl3N3. The van der Waals surface area contributed by atoms with E-state index < -0.39 is 0 Å². The van der Waals surface area contributed by atoms with Gasteiger partial charge in [-0.3, -0.25) is 4.90 Å². The number of aromatic nitrogens is 1. The fourth-order valence-corrected chi connectivity index (χ4v) is 2.52. The van der Waals surface area contributed by atoms with Crippen LogP contribution >= 0.6 is 36.4 Å². The van der Waals surface area contributed by atoms with E-state index in [-0.39, 0.29) is 24.8 Å². The zero-order chi connectivity index (χ0) is 12.1. The molecule has 0 saturated carbocycles. The molecule has 1 aromatic rings. The van der Waals surface area contributed by atoms with Gasteiger partial charge in [0.2, 0.25) is 0 Å². The summed E-state index contributed by atoms with van der Waals surface area (Å²) in [5, 5.41) is 3.97. The first-order chi connectivity index (χ1) is 8.33. The van der Waals surface area contributed by atoms with E-state index in [0.29, 0.717) is 11.2 Å². The van der Waals surface area contributed by atoms with Crippen molar-refractivity contribution in [2.45, 2.75) is 12.5 Å². The minimum atomic E-state index is 0. The van der Waals surface area contributed by atoms with Crippen LogP contribution in [0.5, 0.6) is 0 Å². The number of piperazine rings is 1. The van der Waals surface area contributed by atoms with E-state index in [4.69, 9.17) is 11.6 Å². The Morgan fingerprint density at radius 3 is 2.68 bits per heavy atom. The molecule has 1 atom stereocenters. The van der Waals surface area contributed by atoms with Gasteiger partial charge in [-0.15, -0.1) is 31.4 Å². The maximum absolute atomic E-state index is 6.19. The van der Waals surface area contributed by atoms with Crippen molar-refractivity contribution < 1.29 is 0 Å². The number of hydrogen-bond donors (Lipinski definition) is 1. The van der Waals surface area contributed by atoms with Crippen LogP contribution in [0.4, 0.5) is 0 Å². The number of pyridine rings is 1. The van der Waals surface area contributed by atoms with E-state index >= 15 is 0 Å². The summed E-state index contributed by atoms with van der Waals surface area (Å²) in [6.07, 6.45) is 4.59. The third-order valence-corrected chi connectivity index (χ3v) is 3.45. The summed E-state index contributed by atoms with van der Waals surface area (Å²) in [6, 6.07) is 4.31. The van der Waals surface area contributed by atoms with Gasteiger partial charge in [-0.2, -0.15) is 0 Å². The second-order valence-corrected chi connectivity index (χ2v) is 4.57. The molecule has 0 aliphatic carbocycles. The van der Waals surface area contributed by atoms with E-state index in [1.54, 1.807) is 6.20 Å². The Balaban J connectivity index is 0.00000162. The van der Waals surface area contributed by atoms with Gasteiger partial charge in [0, 0.05) is 44.0 Å². The fraction of sp³-hybridized carbons (Fsp3) is 0.462. The van der Waals surface area contributed by atoms with Crippen LogP contribution in [0, 0.1) is 0 Å². The maximum atomic E-state index is 6.19. The van der Waals surface area contributed by atoms with Crippen LogP contribution in [-0.4, -0.2) is 36.1 Å². The van der Waals surface area contributed by atoms with Crippen molar-refractivity contribution in [1.29, 1.82) is 0 Å². The second-order valence-electron chi connectivity index (χ2n) is 4.21. The minimum Gasteiger partial charge on any atom is -0.314 e. The van der Waals surface area contributed by atoms with Crippen LogP contribution in [0.15, 0.2) is 31.0 Å². The number of nitrogens with zero attached hydrogens (tertiary/aromatic N) is 2. The average molecular weight is 325 g/mol. The van der Waals surface area contributed by atoms with Crippen LogP contribution in [0.3, 0.4) is 0 Å². The average Bonchev–Trinajstić information content (AvgIpc) is 2.38. The molecule has 6 heteroatoms. The van der Waals surface area contributed by atoms with Crippen molar-refractivity contribution in [3.8, 4) is 0 Å². The summed E-state index contributed by atoms with van der Waals surface area (Å²) in [5.74, 6) is 0. The molecule has 108 valence electrons. The Bertz CT molecular complexity index is 381. The normalized spacial score (nSPS) is 16.9. The lowest BCUT2D eigenvalue weighted by molar-refractivity contribution is 0.174. The van der Waals surface area contributed by atoms with Crippen LogP contribution in [0.25, 0.3) is 0 Å². The topological polar surface area (TPSA) is 28.2 Å². The standard InChI is InChI=1S/C13H18ClN3.2ClH/c1-2-4-12(17-9-7-15-8-10-17)11-5-3-6-16-13(11)14;;/h2-3,5-6,12,15H,1,4,7-10H2;2*1H/t12-;;/m1../s1. The van der Waals surface area contributed by atoms with Crippen LogP contribution in [-0.2, 0) is 0 Å². The Hall–Kier alpha value is -0.320. The molecule has 2 rings (SSSR count). The zero-order valence-electron chi connectivity index (χ0n) is 10.7. The van der Waals surface area contributed by atoms with Gasteiger partial charge in [0.1, 0.15) is 5.15 Å². The highest BCUT2D eigenvalue weighted by molar-refractivity contribution is 6.30. The van der Waals surface area contributed by atoms with E-state index in [2.05, 4.69) is 27.8 Å². The van der Waals surface area contributed by atoms with Crippen molar-refractivity contribution in [1.82, 2.24) is 15.2 Å². The van der Waals surface area contributed by atoms with Crippen LogP contribution < -0.4 is 5.32 Å². The zero-order valence-corrected chi connectivity index (χ0v) is 13.1. The highest BCUT2D eigenvalue weighted by atomic mass is 35.5. The minimum absolute atomic E-state index is 0. The first-order valence-electron chi connectivity index (χ1n) is 5.99. The summed E-state index contributed by atoms with van der Waals surface area (Å²) in [4.78, 5) is 6.61. The molecule has 0 bridgehead atoms. The summed E-state index contributed by atoms with van der Waals surface area (Å²) in [5.41, 5.74) is 1.11. The molecule has 1 aromatic heterocycles. The maximum Gasteiger partial charge on any atom is 0.133 e. The van der Waals surface area contributed by atoms with Gasteiger partial charge in [-0.05, 0) is 12.5 Å². The largest absolute Gasteiger partial charge is 0.314 e. The molecule has 1 aliphatic heterocycles. The predicted octanol–water partition coefficient (Wildman–Crippen LogP) is 3.10. The highest BCUT2D eigenvalue weighted by Gasteiger charge is 2.22. The van der Waals surface area contributed by atoms with E-state index in [9.17, 15) is 0 Å². The molecule has 0 radical (unpaired) electrons. The summed E-state index contributed by atoms with van der Waals surface area (Å²) < 4.78 is 0. The van der Waals surface area contributed by atoms with Crippen molar-refractivity contribution in [3.63, 3.8) is 0 Å². The van der Waals surface area contributed by atoms with Gasteiger partial charge in [-0.25, -0.2) is 4.98 Å². The first kappa shape index (κ1) is 18.7. The molecule has 1 aliphatic rings. The van der Waals surface area contributed by atoms with Crippen molar-refractivity contribution in [2.75, 3.05) is 26.2 Å². The quantitative estimate of drug-likeness (QED) is 0.681. The molecule has 0 unspecified atom stereocenters. The first-order valence-corrected chi connectivity index (χ1v) is 6.37. The lowest BCUT2D eigenvalue weighted by atomic mass is 10.0. The number of rotatable bonds is 4. The van der Waals surface area contributed by atoms with Gasteiger partial charge in [0.25, 0.3) is 0 Å². The molecule has 3 nitrogen and oxygen atoms in total. The lowest BCUT2D eigenvalue weighted by Gasteiger charge is -2.34. The van der Waals surface area contributed by atoms with E-state index in [1.165, 1.54) is 0 Å². The Kier molecular flexibility index (Phi) is 9.40. The molecule has 0 aromatic carbocycles. The number of nitrogens with one attached hydrogen (secondary N) is 1. The number of halogens is 3. The molecular weight excluding hydrogens is 305 g/mol. The molecule has 1 fully saturated rings. The summed E-state index contributed by atoms with van der Waals surface area (Å²) in [6.45, 7) is 8.00. The molecule has 2 heterocycles. The van der Waals surface area contributed by atoms with Crippen LogP contribution in [0.1, 0.15) is 18.0 Å². The molecule has 1 saturated heterocycles. The Morgan fingerprint density at radius 2 is 2.11 bits per heavy atom. The van der Waals surface area contributed by atoms with Gasteiger partial charge < -0.3 is 5.32 Å². The van der Waals surface area contributed by atoms with Crippen molar-refractivity contribution >= 4 is 36.4 Å². The predicted molar refractivity (Wildman–Crippen MR) is 85.7 cm³/mol. The molecule has 0 amide bonds. The third kappa shape index (κ3) is 4.93. The van der Waals surface area contributed by atoms with E-state index in [1.807, 2.05) is 12.1 Å². The summed E-state index contributed by atoms with van der Waals surface area (Å²) in [7, 11) is 0. The van der Waals surface area contributed by atoms with Gasteiger partial charge >= 0.3 is 0 Å². The van der Waals surface area contributed by atoms with Crippen molar-refractivity contribution in [3.05, 3.63) is 41.7 Å². The van der Waals surface area contributed by atoms with Gasteiger partial charge in [0.05, 0.1) is 0 Å². The monoisotopic (exact) mass is 323 g/mol.